The molecule has 1 atom stereocenters. The van der Waals surface area contributed by atoms with Gasteiger partial charge in [-0.2, -0.15) is 0 Å². The molecular formula is C23H26BrN3O4S. The fourth-order valence-electron chi connectivity index (χ4n) is 4.02. The number of rotatable bonds is 8. The highest BCUT2D eigenvalue weighted by Crippen LogP contribution is 2.46. The molecule has 4 rings (SSSR count). The van der Waals surface area contributed by atoms with Crippen LogP contribution >= 0.6 is 15.9 Å². The van der Waals surface area contributed by atoms with E-state index in [1.807, 2.05) is 25.1 Å². The normalized spacial score (nSPS) is 14.8. The molecule has 0 bridgehead atoms. The molecule has 1 saturated carbocycles. The fourth-order valence-corrected chi connectivity index (χ4v) is 5.57. The van der Waals surface area contributed by atoms with Gasteiger partial charge >= 0.3 is 5.97 Å². The van der Waals surface area contributed by atoms with E-state index in [1.165, 1.54) is 0 Å². The number of esters is 1. The number of fused-ring (bicyclic) bond motifs is 1. The Morgan fingerprint density at radius 1 is 1.38 bits per heavy atom. The van der Waals surface area contributed by atoms with E-state index in [4.69, 9.17) is 4.74 Å². The third kappa shape index (κ3) is 4.33. The van der Waals surface area contributed by atoms with Gasteiger partial charge in [0.15, 0.2) is 0 Å². The number of nitrogens with zero attached hydrogens (tertiary/aromatic N) is 3. The molecule has 0 spiro atoms. The van der Waals surface area contributed by atoms with Crippen LogP contribution in [0.15, 0.2) is 40.0 Å². The van der Waals surface area contributed by atoms with Crippen molar-refractivity contribution in [3.63, 3.8) is 0 Å². The Morgan fingerprint density at radius 2 is 2.12 bits per heavy atom. The number of halogens is 1. The van der Waals surface area contributed by atoms with Crippen LogP contribution in [-0.2, 0) is 27.8 Å². The van der Waals surface area contributed by atoms with Crippen LogP contribution in [0.2, 0.25) is 0 Å². The Balaban J connectivity index is 2.00. The number of aromatic hydroxyl groups is 1. The summed E-state index contributed by atoms with van der Waals surface area (Å²) < 4.78 is 21.3. The van der Waals surface area contributed by atoms with Gasteiger partial charge in [0.2, 0.25) is 0 Å². The molecule has 0 saturated heterocycles. The van der Waals surface area contributed by atoms with Crippen molar-refractivity contribution in [2.75, 3.05) is 20.7 Å². The van der Waals surface area contributed by atoms with Gasteiger partial charge in [0.1, 0.15) is 10.8 Å². The van der Waals surface area contributed by atoms with Crippen molar-refractivity contribution in [2.24, 2.45) is 0 Å². The molecule has 1 aromatic carbocycles. The predicted octanol–water partition coefficient (Wildman–Crippen LogP) is 4.39. The fraction of sp³-hybridized carbons (Fsp3) is 0.391. The number of pyridine rings is 1. The number of carbonyl (C=O) groups is 1. The molecule has 170 valence electrons. The van der Waals surface area contributed by atoms with Gasteiger partial charge in [-0.15, -0.1) is 0 Å². The first-order valence-electron chi connectivity index (χ1n) is 10.5. The van der Waals surface area contributed by atoms with Crippen molar-refractivity contribution < 1.29 is 18.8 Å². The zero-order chi connectivity index (χ0) is 23.0. The Morgan fingerprint density at radius 3 is 2.72 bits per heavy atom. The quantitative estimate of drug-likeness (QED) is 0.444. The smallest absolute Gasteiger partial charge is 0.340 e. The Kier molecular flexibility index (Phi) is 6.69. The summed E-state index contributed by atoms with van der Waals surface area (Å²) in [5, 5.41) is 12.0. The summed E-state index contributed by atoms with van der Waals surface area (Å²) in [6.45, 7) is 2.42. The van der Waals surface area contributed by atoms with Crippen LogP contribution in [0, 0.1) is 0 Å². The molecule has 1 aliphatic carbocycles. The highest BCUT2D eigenvalue weighted by molar-refractivity contribution is 9.10. The predicted molar refractivity (Wildman–Crippen MR) is 127 cm³/mol. The second-order valence-electron chi connectivity index (χ2n) is 8.12. The van der Waals surface area contributed by atoms with Crippen molar-refractivity contribution in [1.29, 1.82) is 0 Å². The van der Waals surface area contributed by atoms with Gasteiger partial charge in [-0.1, -0.05) is 6.07 Å². The van der Waals surface area contributed by atoms with E-state index in [9.17, 15) is 14.1 Å². The zero-order valence-corrected chi connectivity index (χ0v) is 20.7. The molecule has 1 fully saturated rings. The third-order valence-electron chi connectivity index (χ3n) is 5.43. The van der Waals surface area contributed by atoms with Crippen molar-refractivity contribution in [1.82, 2.24) is 14.5 Å². The van der Waals surface area contributed by atoms with Crippen LogP contribution in [0.3, 0.4) is 0 Å². The first kappa shape index (κ1) is 22.9. The number of aromatic nitrogens is 2. The van der Waals surface area contributed by atoms with Crippen LogP contribution in [-0.4, -0.2) is 50.4 Å². The van der Waals surface area contributed by atoms with Crippen LogP contribution in [0.1, 0.15) is 47.4 Å². The average molecular weight is 520 g/mol. The summed E-state index contributed by atoms with van der Waals surface area (Å²) in [5.41, 5.74) is 2.54. The van der Waals surface area contributed by atoms with Crippen LogP contribution in [0.25, 0.3) is 10.9 Å². The van der Waals surface area contributed by atoms with E-state index in [2.05, 4.69) is 25.5 Å². The summed E-state index contributed by atoms with van der Waals surface area (Å²) in [7, 11) is 2.37. The highest BCUT2D eigenvalue weighted by Gasteiger charge is 2.35. The molecule has 3 aromatic rings. The number of hydrogen-bond acceptors (Lipinski definition) is 6. The number of hydrogen-bond donors (Lipinski definition) is 1. The molecule has 7 nitrogen and oxygen atoms in total. The Hall–Kier alpha value is -2.23. The van der Waals surface area contributed by atoms with Crippen LogP contribution < -0.4 is 0 Å². The standard InChI is InChI=1S/C23H26BrN3O4S/c1-4-31-23(29)21-18(13-32(30)19-7-5-6-10-25-19)27(14-8-9-14)17-11-16(24)22(28)15(20(17)21)12-26(2)3/h5-7,10-11,14,28H,4,8-9,12-13H2,1-3H3. The van der Waals surface area contributed by atoms with Gasteiger partial charge in [0.25, 0.3) is 0 Å². The Bertz CT molecular complexity index is 1190. The van der Waals surface area contributed by atoms with E-state index < -0.39 is 16.8 Å². The molecular weight excluding hydrogens is 494 g/mol. The van der Waals surface area contributed by atoms with Crippen LogP contribution in [0.4, 0.5) is 0 Å². The molecule has 2 aromatic heterocycles. The van der Waals surface area contributed by atoms with Crippen molar-refractivity contribution in [3.05, 3.63) is 51.8 Å². The van der Waals surface area contributed by atoms with Gasteiger partial charge in [0.05, 0.1) is 38.7 Å². The SMILES string of the molecule is CCOC(=O)c1c(CS(=O)c2ccccn2)n(C2CC2)c2cc(Br)c(O)c(CN(C)C)c12. The maximum absolute atomic E-state index is 13.2. The summed E-state index contributed by atoms with van der Waals surface area (Å²) in [5.74, 6) is -0.232. The molecule has 9 heteroatoms. The number of phenols is 1. The minimum Gasteiger partial charge on any atom is -0.506 e. The first-order chi connectivity index (χ1) is 15.3. The summed E-state index contributed by atoms with van der Waals surface area (Å²) in [4.78, 5) is 19.4. The lowest BCUT2D eigenvalue weighted by Gasteiger charge is -2.15. The average Bonchev–Trinajstić information content (AvgIpc) is 3.54. The van der Waals surface area contributed by atoms with Gasteiger partial charge in [0, 0.05) is 35.4 Å². The molecule has 2 heterocycles. The lowest BCUT2D eigenvalue weighted by molar-refractivity contribution is 0.0527. The minimum absolute atomic E-state index is 0.0992. The molecule has 1 unspecified atom stereocenters. The molecule has 32 heavy (non-hydrogen) atoms. The zero-order valence-electron chi connectivity index (χ0n) is 18.3. The Labute approximate surface area is 198 Å². The van der Waals surface area contributed by atoms with Crippen molar-refractivity contribution >= 4 is 43.6 Å². The lowest BCUT2D eigenvalue weighted by atomic mass is 10.0. The van der Waals surface area contributed by atoms with Gasteiger partial charge in [-0.05, 0) is 68.0 Å². The van der Waals surface area contributed by atoms with Crippen LogP contribution in [0.5, 0.6) is 5.75 Å². The monoisotopic (exact) mass is 519 g/mol. The summed E-state index contributed by atoms with van der Waals surface area (Å²) in [6.07, 6.45) is 3.58. The van der Waals surface area contributed by atoms with Gasteiger partial charge in [-0.25, -0.2) is 9.78 Å². The maximum atomic E-state index is 13.2. The van der Waals surface area contributed by atoms with E-state index >= 15 is 0 Å². The maximum Gasteiger partial charge on any atom is 0.340 e. The first-order valence-corrected chi connectivity index (χ1v) is 12.6. The number of phenolic OH excluding ortho intramolecular Hbond substituents is 1. The number of carbonyl (C=O) groups excluding carboxylic acids is 1. The third-order valence-corrected chi connectivity index (χ3v) is 7.28. The topological polar surface area (TPSA) is 84.7 Å². The van der Waals surface area contributed by atoms with Crippen molar-refractivity contribution in [3.8, 4) is 5.75 Å². The molecule has 0 aliphatic heterocycles. The van der Waals surface area contributed by atoms with Crippen molar-refractivity contribution in [2.45, 2.75) is 43.1 Å². The largest absolute Gasteiger partial charge is 0.506 e. The second-order valence-corrected chi connectivity index (χ2v) is 10.4. The van der Waals surface area contributed by atoms with Gasteiger partial charge < -0.3 is 19.3 Å². The van der Waals surface area contributed by atoms with E-state index in [-0.39, 0.29) is 24.2 Å². The number of ether oxygens (including phenoxy) is 1. The summed E-state index contributed by atoms with van der Waals surface area (Å²) in [6, 6.07) is 7.37. The van der Waals surface area contributed by atoms with E-state index in [0.29, 0.717) is 38.3 Å². The lowest BCUT2D eigenvalue weighted by Crippen LogP contribution is -2.14. The molecule has 0 radical (unpaired) electrons. The van der Waals surface area contributed by atoms with E-state index in [1.54, 1.807) is 31.3 Å². The van der Waals surface area contributed by atoms with Gasteiger partial charge in [-0.3, -0.25) is 4.21 Å². The molecule has 1 aliphatic rings. The highest BCUT2D eigenvalue weighted by atomic mass is 79.9. The molecule has 1 N–H and O–H groups in total. The minimum atomic E-state index is -1.44. The molecule has 0 amide bonds. The van der Waals surface area contributed by atoms with E-state index in [0.717, 1.165) is 18.4 Å². The summed E-state index contributed by atoms with van der Waals surface area (Å²) >= 11 is 3.48. The number of benzene rings is 1. The second kappa shape index (κ2) is 9.33.